The maximum atomic E-state index is 12.9. The predicted octanol–water partition coefficient (Wildman–Crippen LogP) is 4.23. The van der Waals surface area contributed by atoms with Crippen LogP contribution in [-0.2, 0) is 6.42 Å². The fourth-order valence-electron chi connectivity index (χ4n) is 2.61. The Hall–Kier alpha value is -1.08. The molecule has 0 aromatic heterocycles. The van der Waals surface area contributed by atoms with Crippen LogP contribution in [0.4, 0.5) is 11.4 Å². The first-order valence-corrected chi connectivity index (χ1v) is 8.59. The van der Waals surface area contributed by atoms with Crippen molar-refractivity contribution in [3.8, 4) is 0 Å². The molecular weight excluding hydrogens is 443 g/mol. The summed E-state index contributed by atoms with van der Waals surface area (Å²) >= 11 is 5.70. The second-order valence-electron chi connectivity index (χ2n) is 5.07. The van der Waals surface area contributed by atoms with Crippen LogP contribution < -0.4 is 10.6 Å². The lowest BCUT2D eigenvalue weighted by molar-refractivity contribution is 0.0984. The predicted molar refractivity (Wildman–Crippen MR) is 97.7 cm³/mol. The minimum absolute atomic E-state index is 0.0203. The summed E-state index contributed by atoms with van der Waals surface area (Å²) in [6.07, 6.45) is 1.97. The molecule has 0 unspecified atom stereocenters. The number of carbonyl (C=O) groups excluding carboxylic acids is 1. The molecule has 0 fully saturated rings. The third-order valence-corrected chi connectivity index (χ3v) is 4.99. The third-order valence-electron chi connectivity index (χ3n) is 3.63. The zero-order chi connectivity index (χ0) is 15.0. The van der Waals surface area contributed by atoms with Crippen molar-refractivity contribution in [2.45, 2.75) is 12.8 Å². The number of nitrogen functional groups attached to an aromatic ring is 1. The number of fused-ring (bicyclic) bond motifs is 1. The van der Waals surface area contributed by atoms with Crippen LogP contribution in [0.3, 0.4) is 0 Å². The summed E-state index contributed by atoms with van der Waals surface area (Å²) in [6, 6.07) is 11.6. The van der Waals surface area contributed by atoms with Crippen molar-refractivity contribution in [2.24, 2.45) is 0 Å². The van der Waals surface area contributed by atoms with E-state index in [4.69, 9.17) is 5.73 Å². The maximum Gasteiger partial charge on any atom is 0.259 e. The Morgan fingerprint density at radius 2 is 2.05 bits per heavy atom. The molecule has 21 heavy (non-hydrogen) atoms. The second-order valence-corrected chi connectivity index (χ2v) is 7.17. The highest BCUT2D eigenvalue weighted by Crippen LogP contribution is 2.31. The minimum atomic E-state index is 0.0203. The van der Waals surface area contributed by atoms with Gasteiger partial charge in [-0.05, 0) is 87.3 Å². The van der Waals surface area contributed by atoms with Gasteiger partial charge in [0.25, 0.3) is 5.91 Å². The normalized spacial score (nSPS) is 13.9. The summed E-state index contributed by atoms with van der Waals surface area (Å²) in [5.41, 5.74) is 9.40. The highest BCUT2D eigenvalue weighted by atomic mass is 127. The molecule has 1 aliphatic heterocycles. The molecule has 3 nitrogen and oxygen atoms in total. The van der Waals surface area contributed by atoms with Gasteiger partial charge < -0.3 is 10.6 Å². The molecule has 0 aliphatic carbocycles. The van der Waals surface area contributed by atoms with E-state index >= 15 is 0 Å². The van der Waals surface area contributed by atoms with E-state index in [2.05, 4.69) is 38.5 Å². The number of rotatable bonds is 1. The fraction of sp³-hybridized carbons (Fsp3) is 0.188. The van der Waals surface area contributed by atoms with Gasteiger partial charge in [-0.3, -0.25) is 4.79 Å². The number of anilines is 2. The number of hydrogen-bond donors (Lipinski definition) is 1. The van der Waals surface area contributed by atoms with Gasteiger partial charge in [0.1, 0.15) is 0 Å². The van der Waals surface area contributed by atoms with Crippen LogP contribution >= 0.6 is 38.5 Å². The Morgan fingerprint density at radius 3 is 2.86 bits per heavy atom. The van der Waals surface area contributed by atoms with Crippen molar-refractivity contribution >= 4 is 55.8 Å². The van der Waals surface area contributed by atoms with Gasteiger partial charge in [0.05, 0.1) is 5.56 Å². The maximum absolute atomic E-state index is 12.9. The van der Waals surface area contributed by atoms with Crippen molar-refractivity contribution < 1.29 is 4.79 Å². The molecule has 0 spiro atoms. The van der Waals surface area contributed by atoms with Gasteiger partial charge in [0, 0.05) is 26.0 Å². The van der Waals surface area contributed by atoms with Gasteiger partial charge in [0.15, 0.2) is 0 Å². The molecule has 0 saturated heterocycles. The van der Waals surface area contributed by atoms with Crippen LogP contribution in [-0.4, -0.2) is 12.5 Å². The number of nitrogens with zero attached hydrogens (tertiary/aromatic N) is 1. The molecule has 0 radical (unpaired) electrons. The molecule has 0 atom stereocenters. The van der Waals surface area contributed by atoms with Crippen LogP contribution in [0.25, 0.3) is 0 Å². The fourth-order valence-corrected chi connectivity index (χ4v) is 3.52. The van der Waals surface area contributed by atoms with Gasteiger partial charge in [-0.1, -0.05) is 6.07 Å². The monoisotopic (exact) mass is 456 g/mol. The summed E-state index contributed by atoms with van der Waals surface area (Å²) in [4.78, 5) is 14.7. The first-order valence-electron chi connectivity index (χ1n) is 6.71. The number of amides is 1. The van der Waals surface area contributed by atoms with Crippen molar-refractivity contribution in [1.29, 1.82) is 0 Å². The lowest BCUT2D eigenvalue weighted by Crippen LogP contribution is -2.35. The van der Waals surface area contributed by atoms with Gasteiger partial charge in [-0.15, -0.1) is 0 Å². The number of aryl methyl sites for hydroxylation is 1. The Balaban J connectivity index is 2.04. The van der Waals surface area contributed by atoms with Gasteiger partial charge >= 0.3 is 0 Å². The van der Waals surface area contributed by atoms with Gasteiger partial charge in [-0.25, -0.2) is 0 Å². The van der Waals surface area contributed by atoms with Crippen molar-refractivity contribution in [1.82, 2.24) is 0 Å². The van der Waals surface area contributed by atoms with E-state index in [1.54, 1.807) is 0 Å². The molecule has 2 aromatic rings. The van der Waals surface area contributed by atoms with Crippen LogP contribution in [0, 0.1) is 3.57 Å². The molecule has 0 saturated carbocycles. The lowest BCUT2D eigenvalue weighted by atomic mass is 10.00. The molecule has 1 heterocycles. The molecule has 2 N–H and O–H groups in total. The summed E-state index contributed by atoms with van der Waals surface area (Å²) in [5, 5.41) is 0. The molecule has 108 valence electrons. The molecule has 1 amide bonds. The summed E-state index contributed by atoms with van der Waals surface area (Å²) in [7, 11) is 0. The minimum Gasteiger partial charge on any atom is -0.399 e. The van der Waals surface area contributed by atoms with E-state index in [-0.39, 0.29) is 5.91 Å². The zero-order valence-electron chi connectivity index (χ0n) is 11.3. The van der Waals surface area contributed by atoms with Crippen LogP contribution in [0.5, 0.6) is 0 Å². The third kappa shape index (κ3) is 2.94. The van der Waals surface area contributed by atoms with Crippen LogP contribution in [0.15, 0.2) is 40.9 Å². The Kier molecular flexibility index (Phi) is 4.21. The smallest absolute Gasteiger partial charge is 0.259 e. The number of carbonyl (C=O) groups is 1. The molecule has 0 bridgehead atoms. The molecule has 1 aliphatic rings. The molecule has 3 rings (SSSR count). The van der Waals surface area contributed by atoms with Gasteiger partial charge in [0.2, 0.25) is 0 Å². The van der Waals surface area contributed by atoms with Crippen molar-refractivity contribution in [2.75, 3.05) is 17.2 Å². The highest BCUT2D eigenvalue weighted by Gasteiger charge is 2.25. The van der Waals surface area contributed by atoms with E-state index in [1.807, 2.05) is 41.3 Å². The average molecular weight is 457 g/mol. The van der Waals surface area contributed by atoms with Crippen molar-refractivity contribution in [3.05, 3.63) is 55.6 Å². The summed E-state index contributed by atoms with van der Waals surface area (Å²) < 4.78 is 1.87. The number of halogens is 2. The standard InChI is InChI=1S/C16H14BrIN2O/c17-14-6-4-11(18)8-13(14)16(21)20-7-1-2-10-3-5-12(19)9-15(10)20/h3-6,8-9H,1-2,7,19H2. The molecule has 5 heteroatoms. The summed E-state index contributed by atoms with van der Waals surface area (Å²) in [5.74, 6) is 0.0203. The Labute approximate surface area is 145 Å². The molecule has 2 aromatic carbocycles. The zero-order valence-corrected chi connectivity index (χ0v) is 15.0. The average Bonchev–Trinajstić information content (AvgIpc) is 2.48. The molecular formula is C16H14BrIN2O. The second kappa shape index (κ2) is 5.96. The summed E-state index contributed by atoms with van der Waals surface area (Å²) in [6.45, 7) is 0.729. The van der Waals surface area contributed by atoms with E-state index in [0.717, 1.165) is 33.1 Å². The SMILES string of the molecule is Nc1ccc2c(c1)N(C(=O)c1cc(I)ccc1Br)CCC2. The van der Waals surface area contributed by atoms with E-state index < -0.39 is 0 Å². The first-order chi connectivity index (χ1) is 10.1. The quantitative estimate of drug-likeness (QED) is 0.515. The van der Waals surface area contributed by atoms with E-state index in [1.165, 1.54) is 5.56 Å². The van der Waals surface area contributed by atoms with Crippen molar-refractivity contribution in [3.63, 3.8) is 0 Å². The van der Waals surface area contributed by atoms with Crippen LogP contribution in [0.1, 0.15) is 22.3 Å². The number of hydrogen-bond acceptors (Lipinski definition) is 2. The Bertz CT molecular complexity index is 717. The van der Waals surface area contributed by atoms with E-state index in [9.17, 15) is 4.79 Å². The topological polar surface area (TPSA) is 46.3 Å². The van der Waals surface area contributed by atoms with Crippen LogP contribution in [0.2, 0.25) is 0 Å². The highest BCUT2D eigenvalue weighted by molar-refractivity contribution is 14.1. The first kappa shape index (κ1) is 14.8. The number of benzene rings is 2. The Morgan fingerprint density at radius 1 is 1.24 bits per heavy atom. The van der Waals surface area contributed by atoms with Gasteiger partial charge in [-0.2, -0.15) is 0 Å². The van der Waals surface area contributed by atoms with E-state index in [0.29, 0.717) is 11.3 Å². The largest absolute Gasteiger partial charge is 0.399 e. The lowest BCUT2D eigenvalue weighted by Gasteiger charge is -2.30. The number of nitrogens with two attached hydrogens (primary N) is 1.